The number of aromatic carboxylic acids is 1. The molecular weight excluding hydrogens is 486 g/mol. The van der Waals surface area contributed by atoms with Crippen molar-refractivity contribution in [1.82, 2.24) is 4.98 Å². The number of benzene rings is 2. The molecule has 3 N–H and O–H groups in total. The van der Waals surface area contributed by atoms with Crippen LogP contribution in [0.25, 0.3) is 10.9 Å². The summed E-state index contributed by atoms with van der Waals surface area (Å²) in [7, 11) is 0. The molecule has 2 aromatic carbocycles. The summed E-state index contributed by atoms with van der Waals surface area (Å²) in [6.07, 6.45) is 5.14. The summed E-state index contributed by atoms with van der Waals surface area (Å²) in [6.45, 7) is 8.25. The molecule has 0 spiro atoms. The highest BCUT2D eigenvalue weighted by molar-refractivity contribution is 5.98. The molecule has 0 amide bonds. The number of aromatic nitrogens is 1. The molecule has 0 atom stereocenters. The fourth-order valence-electron chi connectivity index (χ4n) is 4.61. The second-order valence-corrected chi connectivity index (χ2v) is 9.45. The first-order valence-electron chi connectivity index (χ1n) is 13.3. The third-order valence-electron chi connectivity index (χ3n) is 6.38. The Balaban J connectivity index is 1.79. The number of hydrogen-bond acceptors (Lipinski definition) is 6. The molecular formula is C30H37NO7. The van der Waals surface area contributed by atoms with Gasteiger partial charge in [-0.15, -0.1) is 0 Å². The molecule has 8 heteroatoms. The van der Waals surface area contributed by atoms with Gasteiger partial charge in [0.25, 0.3) is 0 Å². The molecule has 8 nitrogen and oxygen atoms in total. The van der Waals surface area contributed by atoms with Crippen molar-refractivity contribution in [3.05, 3.63) is 62.4 Å². The van der Waals surface area contributed by atoms with Crippen molar-refractivity contribution in [3.63, 3.8) is 0 Å². The van der Waals surface area contributed by atoms with Gasteiger partial charge in [-0.3, -0.25) is 9.59 Å². The van der Waals surface area contributed by atoms with Gasteiger partial charge in [0.1, 0.15) is 22.9 Å². The fourth-order valence-corrected chi connectivity index (χ4v) is 4.61. The lowest BCUT2D eigenvalue weighted by Gasteiger charge is -2.19. The number of aromatic amines is 1. The van der Waals surface area contributed by atoms with E-state index in [9.17, 15) is 24.6 Å². The molecule has 0 bridgehead atoms. The first-order valence-corrected chi connectivity index (χ1v) is 13.3. The van der Waals surface area contributed by atoms with Crippen LogP contribution < -0.4 is 14.9 Å². The number of carbonyl (C=O) groups excluding carboxylic acids is 1. The van der Waals surface area contributed by atoms with Gasteiger partial charge in [0.2, 0.25) is 0 Å². The Hall–Kier alpha value is -3.81. The van der Waals surface area contributed by atoms with Gasteiger partial charge in [0.05, 0.1) is 24.3 Å². The van der Waals surface area contributed by atoms with Crippen LogP contribution in [-0.2, 0) is 19.3 Å². The monoisotopic (exact) mass is 523 g/mol. The molecule has 38 heavy (non-hydrogen) atoms. The van der Waals surface area contributed by atoms with E-state index < -0.39 is 5.97 Å². The smallest absolute Gasteiger partial charge is 0.352 e. The maximum absolute atomic E-state index is 12.5. The van der Waals surface area contributed by atoms with Gasteiger partial charge >= 0.3 is 5.97 Å². The van der Waals surface area contributed by atoms with E-state index in [1.54, 1.807) is 18.2 Å². The van der Waals surface area contributed by atoms with Gasteiger partial charge in [0, 0.05) is 29.5 Å². The van der Waals surface area contributed by atoms with E-state index in [2.05, 4.69) is 11.9 Å². The maximum atomic E-state index is 12.5. The molecule has 3 rings (SSSR count). The van der Waals surface area contributed by atoms with Gasteiger partial charge in [-0.05, 0) is 49.4 Å². The van der Waals surface area contributed by atoms with Crippen molar-refractivity contribution in [2.75, 3.05) is 13.2 Å². The first kappa shape index (κ1) is 28.8. The summed E-state index contributed by atoms with van der Waals surface area (Å²) in [5.74, 6) is -0.131. The Morgan fingerprint density at radius 2 is 1.55 bits per heavy atom. The maximum Gasteiger partial charge on any atom is 0.352 e. The van der Waals surface area contributed by atoms with Crippen LogP contribution in [0, 0.1) is 0 Å². The largest absolute Gasteiger partial charge is 0.507 e. The number of hydrogen-bond donors (Lipinski definition) is 3. The van der Waals surface area contributed by atoms with E-state index in [4.69, 9.17) is 9.47 Å². The Morgan fingerprint density at radius 3 is 2.18 bits per heavy atom. The van der Waals surface area contributed by atoms with Crippen molar-refractivity contribution < 1.29 is 29.3 Å². The summed E-state index contributed by atoms with van der Waals surface area (Å²) < 4.78 is 12.2. The van der Waals surface area contributed by atoms with E-state index >= 15 is 0 Å². The number of aryl methyl sites for hydroxylation is 2. The third-order valence-corrected chi connectivity index (χ3v) is 6.38. The minimum Gasteiger partial charge on any atom is -0.507 e. The molecule has 0 aliphatic carbocycles. The number of Topliss-reactive ketones (excluding diaryl/α,β-unsaturated/α-hetero) is 1. The van der Waals surface area contributed by atoms with Gasteiger partial charge in [-0.25, -0.2) is 4.79 Å². The van der Waals surface area contributed by atoms with Crippen molar-refractivity contribution in [2.24, 2.45) is 0 Å². The Labute approximate surface area is 222 Å². The number of fused-ring (bicyclic) bond motifs is 1. The third kappa shape index (κ3) is 6.54. The van der Waals surface area contributed by atoms with Crippen LogP contribution in [0.5, 0.6) is 17.2 Å². The van der Waals surface area contributed by atoms with Crippen LogP contribution in [-0.4, -0.2) is 40.2 Å². The summed E-state index contributed by atoms with van der Waals surface area (Å²) in [5.41, 5.74) is 2.69. The lowest BCUT2D eigenvalue weighted by atomic mass is 9.95. The summed E-state index contributed by atoms with van der Waals surface area (Å²) in [6, 6.07) is 6.29. The number of phenolic OH excluding ortho intramolecular Hbond substituents is 1. The van der Waals surface area contributed by atoms with Gasteiger partial charge < -0.3 is 24.7 Å². The predicted molar refractivity (Wildman–Crippen MR) is 147 cm³/mol. The fraction of sp³-hybridized carbons (Fsp3) is 0.433. The number of ketones is 1. The normalized spacial score (nSPS) is 11.1. The number of carboxylic acids is 1. The molecule has 0 unspecified atom stereocenters. The second-order valence-electron chi connectivity index (χ2n) is 9.45. The number of carboxylic acid groups (broad SMARTS) is 1. The van der Waals surface area contributed by atoms with E-state index in [1.165, 1.54) is 6.92 Å². The van der Waals surface area contributed by atoms with Crippen LogP contribution in [0.3, 0.4) is 0 Å². The average molecular weight is 524 g/mol. The standard InChI is InChI=1S/C30H37NO7/c1-5-9-19-14-23-24(31-25(30(35)36)16-26(23)33)17-27(19)37-12-8-13-38-29-20(10-6-2)15-22(18(4)32)28(34)21(29)11-7-3/h14-17,34H,5-13H2,1-4H3,(H,31,33)(H,35,36). The van der Waals surface area contributed by atoms with E-state index in [0.717, 1.165) is 42.9 Å². The molecule has 0 fully saturated rings. The SMILES string of the molecule is CCCc1cc2c(=O)cc(C(=O)O)[nH]c2cc1OCCCOc1c(CCC)cc(C(C)=O)c(O)c1CCC. The number of nitrogens with one attached hydrogen (secondary N) is 1. The number of ether oxygens (including phenoxy) is 2. The van der Waals surface area contributed by atoms with E-state index in [-0.39, 0.29) is 22.7 Å². The molecule has 1 aromatic heterocycles. The topological polar surface area (TPSA) is 126 Å². The van der Waals surface area contributed by atoms with Crippen LogP contribution >= 0.6 is 0 Å². The number of pyridine rings is 1. The first-order chi connectivity index (χ1) is 18.2. The number of phenols is 1. The van der Waals surface area contributed by atoms with Crippen molar-refractivity contribution >= 4 is 22.7 Å². The summed E-state index contributed by atoms with van der Waals surface area (Å²) in [4.78, 5) is 38.7. The zero-order valence-corrected chi connectivity index (χ0v) is 22.6. The molecule has 3 aromatic rings. The number of rotatable bonds is 14. The van der Waals surface area contributed by atoms with Gasteiger partial charge in [-0.2, -0.15) is 0 Å². The summed E-state index contributed by atoms with van der Waals surface area (Å²) >= 11 is 0. The zero-order valence-electron chi connectivity index (χ0n) is 22.6. The van der Waals surface area contributed by atoms with Gasteiger partial charge in [-0.1, -0.05) is 40.0 Å². The molecule has 0 aliphatic rings. The van der Waals surface area contributed by atoms with Gasteiger partial charge in [0.15, 0.2) is 11.2 Å². The Morgan fingerprint density at radius 1 is 0.895 bits per heavy atom. The Kier molecular flexibility index (Phi) is 9.93. The molecule has 204 valence electrons. The van der Waals surface area contributed by atoms with Crippen LogP contribution in [0.2, 0.25) is 0 Å². The minimum absolute atomic E-state index is 0.000506. The van der Waals surface area contributed by atoms with Crippen molar-refractivity contribution in [2.45, 2.75) is 72.6 Å². The number of aromatic hydroxyl groups is 1. The lowest BCUT2D eigenvalue weighted by Crippen LogP contribution is -2.12. The van der Waals surface area contributed by atoms with Crippen molar-refractivity contribution in [3.8, 4) is 17.2 Å². The van der Waals surface area contributed by atoms with Crippen LogP contribution in [0.4, 0.5) is 0 Å². The Bertz CT molecular complexity index is 1370. The van der Waals surface area contributed by atoms with Crippen LogP contribution in [0.1, 0.15) is 90.9 Å². The second kappa shape index (κ2) is 13.1. The summed E-state index contributed by atoms with van der Waals surface area (Å²) in [5, 5.41) is 20.5. The highest BCUT2D eigenvalue weighted by Gasteiger charge is 2.20. The quantitative estimate of drug-likeness (QED) is 0.179. The van der Waals surface area contributed by atoms with E-state index in [0.29, 0.717) is 66.0 Å². The molecule has 0 aliphatic heterocycles. The molecule has 0 saturated heterocycles. The highest BCUT2D eigenvalue weighted by atomic mass is 16.5. The van der Waals surface area contributed by atoms with Crippen molar-refractivity contribution in [1.29, 1.82) is 0 Å². The zero-order chi connectivity index (χ0) is 27.8. The number of carbonyl (C=O) groups is 2. The predicted octanol–water partition coefficient (Wildman–Crippen LogP) is 5.84. The highest BCUT2D eigenvalue weighted by Crippen LogP contribution is 2.37. The molecule has 1 heterocycles. The number of H-pyrrole nitrogens is 1. The minimum atomic E-state index is -1.20. The molecule has 0 radical (unpaired) electrons. The average Bonchev–Trinajstić information content (AvgIpc) is 2.87. The molecule has 0 saturated carbocycles. The van der Waals surface area contributed by atoms with Crippen LogP contribution in [0.15, 0.2) is 29.1 Å². The lowest BCUT2D eigenvalue weighted by molar-refractivity contribution is 0.0690. The van der Waals surface area contributed by atoms with E-state index in [1.807, 2.05) is 13.8 Å².